The highest BCUT2D eigenvalue weighted by atomic mass is 16.5. The highest BCUT2D eigenvalue weighted by Gasteiger charge is 2.21. The first-order valence-corrected chi connectivity index (χ1v) is 7.99. The van der Waals surface area contributed by atoms with Gasteiger partial charge in [0.15, 0.2) is 5.82 Å². The molecule has 124 valence electrons. The monoisotopic (exact) mass is 309 g/mol. The molecule has 22 heavy (non-hydrogen) atoms. The molecular formula is C15H27N5O2. The molecule has 0 spiro atoms. The Morgan fingerprint density at radius 3 is 2.82 bits per heavy atom. The number of hydrogen-bond acceptors (Lipinski definition) is 5. The second kappa shape index (κ2) is 7.58. The summed E-state index contributed by atoms with van der Waals surface area (Å²) in [6.07, 6.45) is 3.19. The van der Waals surface area contributed by atoms with Crippen molar-refractivity contribution in [2.45, 2.75) is 51.6 Å². The molecule has 1 atom stereocenters. The van der Waals surface area contributed by atoms with Crippen molar-refractivity contribution < 1.29 is 9.32 Å². The number of carbonyl (C=O) groups is 1. The lowest BCUT2D eigenvalue weighted by Gasteiger charge is -2.23. The molecule has 1 aliphatic rings. The average Bonchev–Trinajstić information content (AvgIpc) is 2.80. The standard InChI is InChI=1S/C15H27N5O2/c1-11(2)14-17-13(18-22-14)10-16-15(21)20-8-5-6-12(7-9-20)19(3)4/h11-12H,5-10H2,1-4H3,(H,16,21). The molecule has 1 unspecified atom stereocenters. The van der Waals surface area contributed by atoms with Crippen molar-refractivity contribution in [1.82, 2.24) is 25.3 Å². The first kappa shape index (κ1) is 16.7. The lowest BCUT2D eigenvalue weighted by Crippen LogP contribution is -2.40. The quantitative estimate of drug-likeness (QED) is 0.918. The van der Waals surface area contributed by atoms with Crippen LogP contribution in [-0.4, -0.2) is 59.2 Å². The third-order valence-corrected chi connectivity index (χ3v) is 4.09. The minimum atomic E-state index is -0.0460. The molecule has 1 fully saturated rings. The Bertz CT molecular complexity index is 486. The maximum atomic E-state index is 12.3. The summed E-state index contributed by atoms with van der Waals surface area (Å²) in [4.78, 5) is 20.6. The van der Waals surface area contributed by atoms with E-state index < -0.39 is 0 Å². The number of rotatable bonds is 4. The van der Waals surface area contributed by atoms with Crippen molar-refractivity contribution in [3.8, 4) is 0 Å². The zero-order chi connectivity index (χ0) is 16.1. The third kappa shape index (κ3) is 4.43. The van der Waals surface area contributed by atoms with Gasteiger partial charge < -0.3 is 19.6 Å². The van der Waals surface area contributed by atoms with E-state index in [2.05, 4.69) is 34.5 Å². The number of hydrogen-bond donors (Lipinski definition) is 1. The van der Waals surface area contributed by atoms with Crippen LogP contribution < -0.4 is 5.32 Å². The minimum absolute atomic E-state index is 0.0460. The minimum Gasteiger partial charge on any atom is -0.339 e. The second-order valence-corrected chi connectivity index (χ2v) is 6.40. The molecule has 1 aromatic rings. The molecule has 0 aliphatic carbocycles. The predicted molar refractivity (Wildman–Crippen MR) is 83.5 cm³/mol. The van der Waals surface area contributed by atoms with Crippen LogP contribution in [0.25, 0.3) is 0 Å². The Hall–Kier alpha value is -1.63. The van der Waals surface area contributed by atoms with Crippen molar-refractivity contribution in [3.05, 3.63) is 11.7 Å². The van der Waals surface area contributed by atoms with Gasteiger partial charge in [-0.3, -0.25) is 0 Å². The van der Waals surface area contributed by atoms with Crippen molar-refractivity contribution in [3.63, 3.8) is 0 Å². The van der Waals surface area contributed by atoms with Gasteiger partial charge in [-0.25, -0.2) is 4.79 Å². The van der Waals surface area contributed by atoms with Crippen molar-refractivity contribution in [2.75, 3.05) is 27.2 Å². The van der Waals surface area contributed by atoms with E-state index in [0.717, 1.165) is 32.4 Å². The molecule has 0 bridgehead atoms. The lowest BCUT2D eigenvalue weighted by atomic mass is 10.1. The van der Waals surface area contributed by atoms with E-state index in [4.69, 9.17) is 4.52 Å². The molecule has 0 radical (unpaired) electrons. The number of nitrogens with zero attached hydrogens (tertiary/aromatic N) is 4. The number of amides is 2. The van der Waals surface area contributed by atoms with E-state index >= 15 is 0 Å². The van der Waals surface area contributed by atoms with Crippen LogP contribution in [0.5, 0.6) is 0 Å². The van der Waals surface area contributed by atoms with E-state index in [1.165, 1.54) is 0 Å². The summed E-state index contributed by atoms with van der Waals surface area (Å²) < 4.78 is 5.13. The van der Waals surface area contributed by atoms with Crippen LogP contribution in [-0.2, 0) is 6.54 Å². The summed E-state index contributed by atoms with van der Waals surface area (Å²) in [5.41, 5.74) is 0. The first-order chi connectivity index (χ1) is 10.5. The van der Waals surface area contributed by atoms with Crippen molar-refractivity contribution in [1.29, 1.82) is 0 Å². The Labute approximate surface area is 132 Å². The smallest absolute Gasteiger partial charge is 0.317 e. The number of carbonyl (C=O) groups excluding carboxylic acids is 1. The van der Waals surface area contributed by atoms with Gasteiger partial charge >= 0.3 is 6.03 Å². The molecule has 0 saturated carbocycles. The molecule has 7 nitrogen and oxygen atoms in total. The van der Waals surface area contributed by atoms with Gasteiger partial charge in [0.1, 0.15) is 0 Å². The molecule has 1 aliphatic heterocycles. The Morgan fingerprint density at radius 1 is 1.41 bits per heavy atom. The van der Waals surface area contributed by atoms with Gasteiger partial charge in [-0.2, -0.15) is 4.98 Å². The molecule has 1 aromatic heterocycles. The third-order valence-electron chi connectivity index (χ3n) is 4.09. The zero-order valence-electron chi connectivity index (χ0n) is 14.0. The summed E-state index contributed by atoms with van der Waals surface area (Å²) in [5.74, 6) is 1.33. The zero-order valence-corrected chi connectivity index (χ0v) is 14.0. The van der Waals surface area contributed by atoms with E-state index in [0.29, 0.717) is 24.3 Å². The van der Waals surface area contributed by atoms with Gasteiger partial charge in [-0.1, -0.05) is 19.0 Å². The van der Waals surface area contributed by atoms with Gasteiger partial charge in [-0.05, 0) is 33.4 Å². The molecule has 0 aromatic carbocycles. The maximum absolute atomic E-state index is 12.3. The largest absolute Gasteiger partial charge is 0.339 e. The number of urea groups is 1. The van der Waals surface area contributed by atoms with E-state index in [1.807, 2.05) is 18.7 Å². The summed E-state index contributed by atoms with van der Waals surface area (Å²) in [6.45, 7) is 5.89. The van der Waals surface area contributed by atoms with Crippen LogP contribution in [0.3, 0.4) is 0 Å². The highest BCUT2D eigenvalue weighted by Crippen LogP contribution is 2.15. The Kier molecular flexibility index (Phi) is 5.76. The average molecular weight is 309 g/mol. The number of likely N-dealkylation sites (tertiary alicyclic amines) is 1. The van der Waals surface area contributed by atoms with Gasteiger partial charge in [0, 0.05) is 25.0 Å². The van der Waals surface area contributed by atoms with E-state index in [1.54, 1.807) is 0 Å². The molecule has 2 rings (SSSR count). The molecule has 7 heteroatoms. The lowest BCUT2D eigenvalue weighted by molar-refractivity contribution is 0.196. The van der Waals surface area contributed by atoms with Crippen LogP contribution in [0.2, 0.25) is 0 Å². The van der Waals surface area contributed by atoms with Gasteiger partial charge in [-0.15, -0.1) is 0 Å². The summed E-state index contributed by atoms with van der Waals surface area (Å²) in [7, 11) is 4.20. The summed E-state index contributed by atoms with van der Waals surface area (Å²) in [5, 5.41) is 6.76. The number of aromatic nitrogens is 2. The second-order valence-electron chi connectivity index (χ2n) is 6.40. The van der Waals surface area contributed by atoms with E-state index in [9.17, 15) is 4.79 Å². The van der Waals surface area contributed by atoms with Crippen molar-refractivity contribution in [2.24, 2.45) is 0 Å². The summed E-state index contributed by atoms with van der Waals surface area (Å²) in [6, 6.07) is 0.513. The summed E-state index contributed by atoms with van der Waals surface area (Å²) >= 11 is 0. The van der Waals surface area contributed by atoms with Gasteiger partial charge in [0.2, 0.25) is 5.89 Å². The molecule has 1 N–H and O–H groups in total. The predicted octanol–water partition coefficient (Wildman–Crippen LogP) is 1.82. The van der Waals surface area contributed by atoms with Crippen LogP contribution in [0.15, 0.2) is 4.52 Å². The van der Waals surface area contributed by atoms with Gasteiger partial charge in [0.05, 0.1) is 6.54 Å². The molecular weight excluding hydrogens is 282 g/mol. The van der Waals surface area contributed by atoms with Crippen LogP contribution in [0, 0.1) is 0 Å². The fourth-order valence-electron chi connectivity index (χ4n) is 2.64. The van der Waals surface area contributed by atoms with Gasteiger partial charge in [0.25, 0.3) is 0 Å². The molecule has 1 saturated heterocycles. The van der Waals surface area contributed by atoms with Crippen LogP contribution in [0.1, 0.15) is 50.7 Å². The SMILES string of the molecule is CC(C)c1nc(CNC(=O)N2CCCC(N(C)C)CC2)no1. The maximum Gasteiger partial charge on any atom is 0.317 e. The normalized spacial score (nSPS) is 19.5. The first-order valence-electron chi connectivity index (χ1n) is 7.99. The molecule has 2 heterocycles. The Balaban J connectivity index is 1.81. The van der Waals surface area contributed by atoms with E-state index in [-0.39, 0.29) is 11.9 Å². The fraction of sp³-hybridized carbons (Fsp3) is 0.800. The Morgan fingerprint density at radius 2 is 2.18 bits per heavy atom. The fourth-order valence-corrected chi connectivity index (χ4v) is 2.64. The van der Waals surface area contributed by atoms with Crippen LogP contribution >= 0.6 is 0 Å². The highest BCUT2D eigenvalue weighted by molar-refractivity contribution is 5.74. The van der Waals surface area contributed by atoms with Crippen LogP contribution in [0.4, 0.5) is 4.79 Å². The number of nitrogens with one attached hydrogen (secondary N) is 1. The molecule has 2 amide bonds. The van der Waals surface area contributed by atoms with Crippen molar-refractivity contribution >= 4 is 6.03 Å². The topological polar surface area (TPSA) is 74.5 Å².